The average Bonchev–Trinajstić information content (AvgIpc) is 2.78. The van der Waals surface area contributed by atoms with Crippen LogP contribution in [0.1, 0.15) is 58.8 Å². The van der Waals surface area contributed by atoms with Crippen molar-refractivity contribution in [2.75, 3.05) is 20.1 Å². The van der Waals surface area contributed by atoms with Crippen molar-refractivity contribution in [1.82, 2.24) is 26.2 Å². The fourth-order valence-electron chi connectivity index (χ4n) is 6.56. The van der Waals surface area contributed by atoms with E-state index in [1.165, 1.54) is 0 Å². The van der Waals surface area contributed by atoms with Crippen molar-refractivity contribution >= 4 is 29.4 Å². The zero-order valence-electron chi connectivity index (χ0n) is 20.1. The van der Waals surface area contributed by atoms with Crippen LogP contribution in [-0.2, 0) is 9.59 Å². The fraction of sp³-hybridized carbons (Fsp3) is 0.875. The maximum Gasteiger partial charge on any atom is 0.322 e. The van der Waals surface area contributed by atoms with E-state index in [-0.39, 0.29) is 41.1 Å². The lowest BCUT2D eigenvalue weighted by molar-refractivity contribution is -0.149. The van der Waals surface area contributed by atoms with E-state index in [0.717, 1.165) is 45.1 Å². The smallest absolute Gasteiger partial charge is 0.322 e. The number of urea groups is 1. The summed E-state index contributed by atoms with van der Waals surface area (Å²) in [6.45, 7) is 5.99. The third-order valence-electron chi connectivity index (χ3n) is 8.63. The van der Waals surface area contributed by atoms with Crippen LogP contribution in [0.2, 0.25) is 0 Å². The number of likely N-dealkylation sites (tertiary alicyclic amines) is 1. The maximum absolute atomic E-state index is 13.4. The van der Waals surface area contributed by atoms with Gasteiger partial charge in [0.05, 0.1) is 6.17 Å². The molecule has 9 unspecified atom stereocenters. The van der Waals surface area contributed by atoms with Crippen molar-refractivity contribution in [3.63, 3.8) is 0 Å². The van der Waals surface area contributed by atoms with Crippen LogP contribution >= 0.6 is 11.6 Å². The molecule has 0 spiro atoms. The maximum atomic E-state index is 13.4. The number of rotatable bonds is 3. The van der Waals surface area contributed by atoms with Crippen molar-refractivity contribution in [3.05, 3.63) is 0 Å². The first kappa shape index (κ1) is 24.7. The Morgan fingerprint density at radius 1 is 1.03 bits per heavy atom. The summed E-state index contributed by atoms with van der Waals surface area (Å²) < 4.78 is 0. The highest BCUT2D eigenvalue weighted by Gasteiger charge is 2.47. The number of carbonyl (C=O) groups excluding carboxylic acids is 3. The number of carbonyl (C=O) groups is 3. The van der Waals surface area contributed by atoms with Crippen molar-refractivity contribution in [2.45, 2.75) is 82.4 Å². The number of fused-ring (bicyclic) bond motifs is 1. The van der Waals surface area contributed by atoms with Gasteiger partial charge in [-0.1, -0.05) is 6.92 Å². The van der Waals surface area contributed by atoms with Crippen LogP contribution < -0.4 is 21.3 Å². The molecule has 4 N–H and O–H groups in total. The molecule has 0 aromatic rings. The monoisotopic (exact) mass is 481 g/mol. The van der Waals surface area contributed by atoms with Gasteiger partial charge >= 0.3 is 6.03 Å². The molecule has 0 radical (unpaired) electrons. The molecule has 4 aliphatic rings. The molecule has 9 heteroatoms. The Bertz CT molecular complexity index is 744. The molecule has 3 aliphatic heterocycles. The zero-order chi connectivity index (χ0) is 23.7. The predicted octanol–water partition coefficient (Wildman–Crippen LogP) is 2.03. The Labute approximate surface area is 202 Å². The lowest BCUT2D eigenvalue weighted by Gasteiger charge is -2.50. The van der Waals surface area contributed by atoms with E-state index in [9.17, 15) is 14.4 Å². The van der Waals surface area contributed by atoms with Crippen molar-refractivity contribution in [2.24, 2.45) is 29.6 Å². The van der Waals surface area contributed by atoms with Gasteiger partial charge in [0.25, 0.3) is 0 Å². The first-order valence-electron chi connectivity index (χ1n) is 12.7. The van der Waals surface area contributed by atoms with Gasteiger partial charge in [0, 0.05) is 49.4 Å². The lowest BCUT2D eigenvalue weighted by atomic mass is 9.64. The van der Waals surface area contributed by atoms with Crippen molar-refractivity contribution in [1.29, 1.82) is 0 Å². The molecule has 0 aromatic carbocycles. The van der Waals surface area contributed by atoms with Gasteiger partial charge < -0.3 is 15.5 Å². The van der Waals surface area contributed by atoms with E-state index in [0.29, 0.717) is 36.9 Å². The molecule has 4 amide bonds. The van der Waals surface area contributed by atoms with Gasteiger partial charge in [-0.05, 0) is 69.6 Å². The molecule has 4 fully saturated rings. The molecular formula is C24H40ClN5O3. The van der Waals surface area contributed by atoms with E-state index in [1.54, 1.807) is 0 Å². The summed E-state index contributed by atoms with van der Waals surface area (Å²) >= 11 is 6.08. The summed E-state index contributed by atoms with van der Waals surface area (Å²) in [5, 5.41) is 12.2. The second-order valence-corrected chi connectivity index (χ2v) is 11.5. The SMILES string of the molecule is CC1CC2C(CN1)CC(C1CC(C(=O)NC(=O)NC3CCC(Cl)CN3)CCC1C)C(=O)N2C. The number of amides is 4. The quantitative estimate of drug-likeness (QED) is 0.462. The molecule has 3 saturated heterocycles. The van der Waals surface area contributed by atoms with Gasteiger partial charge in [-0.3, -0.25) is 20.2 Å². The molecule has 0 aromatic heterocycles. The predicted molar refractivity (Wildman–Crippen MR) is 128 cm³/mol. The number of hydrogen-bond donors (Lipinski definition) is 4. The van der Waals surface area contributed by atoms with Gasteiger partial charge in [-0.25, -0.2) is 4.79 Å². The van der Waals surface area contributed by atoms with Crippen molar-refractivity contribution < 1.29 is 14.4 Å². The standard InChI is InChI=1S/C24H40ClN5O3/c1-13-4-5-15(22(31)29-24(33)28-21-7-6-17(25)12-27-21)9-18(13)19-10-16-11-26-14(2)8-20(16)30(3)23(19)32/h13-21,26-27H,4-12H2,1-3H3,(H2,28,29,31,33). The highest BCUT2D eigenvalue weighted by molar-refractivity contribution is 6.20. The number of nitrogens with zero attached hydrogens (tertiary/aromatic N) is 1. The number of nitrogens with one attached hydrogen (secondary N) is 4. The van der Waals surface area contributed by atoms with Crippen LogP contribution in [0, 0.1) is 29.6 Å². The van der Waals surface area contributed by atoms with Gasteiger partial charge in [0.1, 0.15) is 0 Å². The second-order valence-electron chi connectivity index (χ2n) is 10.9. The van der Waals surface area contributed by atoms with E-state index < -0.39 is 6.03 Å². The molecular weight excluding hydrogens is 442 g/mol. The van der Waals surface area contributed by atoms with E-state index in [2.05, 4.69) is 35.1 Å². The number of hydrogen-bond acceptors (Lipinski definition) is 5. The molecule has 1 saturated carbocycles. The van der Waals surface area contributed by atoms with Crippen LogP contribution in [0.15, 0.2) is 0 Å². The molecule has 1 aliphatic carbocycles. The van der Waals surface area contributed by atoms with Gasteiger partial charge in [0.15, 0.2) is 0 Å². The van der Waals surface area contributed by atoms with Crippen molar-refractivity contribution in [3.8, 4) is 0 Å². The second kappa shape index (κ2) is 10.5. The topological polar surface area (TPSA) is 103 Å². The summed E-state index contributed by atoms with van der Waals surface area (Å²) in [5.41, 5.74) is 0. The average molecular weight is 482 g/mol. The first-order chi connectivity index (χ1) is 15.7. The summed E-state index contributed by atoms with van der Waals surface area (Å²) in [6, 6.07) is 0.291. The molecule has 186 valence electrons. The molecule has 3 heterocycles. The fourth-order valence-corrected chi connectivity index (χ4v) is 6.78. The normalized spacial score (nSPS) is 41.8. The zero-order valence-corrected chi connectivity index (χ0v) is 20.9. The first-order valence-corrected chi connectivity index (χ1v) is 13.2. The molecule has 4 rings (SSSR count). The summed E-state index contributed by atoms with van der Waals surface area (Å²) in [6.07, 6.45) is 5.63. The lowest BCUT2D eigenvalue weighted by Crippen LogP contribution is -2.60. The number of imide groups is 1. The molecule has 0 bridgehead atoms. The summed E-state index contributed by atoms with van der Waals surface area (Å²) in [7, 11) is 1.96. The Morgan fingerprint density at radius 3 is 2.55 bits per heavy atom. The molecule has 8 nitrogen and oxygen atoms in total. The van der Waals surface area contributed by atoms with E-state index in [4.69, 9.17) is 11.6 Å². The highest BCUT2D eigenvalue weighted by Crippen LogP contribution is 2.44. The summed E-state index contributed by atoms with van der Waals surface area (Å²) in [4.78, 5) is 40.7. The van der Waals surface area contributed by atoms with Crippen LogP contribution in [0.25, 0.3) is 0 Å². The Morgan fingerprint density at radius 2 is 1.82 bits per heavy atom. The number of alkyl halides is 1. The van der Waals surface area contributed by atoms with E-state index >= 15 is 0 Å². The molecule has 33 heavy (non-hydrogen) atoms. The van der Waals surface area contributed by atoms with Crippen LogP contribution in [0.5, 0.6) is 0 Å². The van der Waals surface area contributed by atoms with Crippen LogP contribution in [0.4, 0.5) is 4.79 Å². The third kappa shape index (κ3) is 5.65. The van der Waals surface area contributed by atoms with E-state index in [1.807, 2.05) is 11.9 Å². The minimum absolute atomic E-state index is 0.0409. The van der Waals surface area contributed by atoms with Crippen LogP contribution in [0.3, 0.4) is 0 Å². The van der Waals surface area contributed by atoms with Gasteiger partial charge in [0.2, 0.25) is 11.8 Å². The molecule has 9 atom stereocenters. The Balaban J connectivity index is 1.34. The van der Waals surface area contributed by atoms with Gasteiger partial charge in [-0.15, -0.1) is 11.6 Å². The Hall–Kier alpha value is -1.38. The minimum atomic E-state index is -0.459. The Kier molecular flexibility index (Phi) is 7.86. The highest BCUT2D eigenvalue weighted by atomic mass is 35.5. The van der Waals surface area contributed by atoms with Crippen LogP contribution in [-0.4, -0.2) is 66.5 Å². The summed E-state index contributed by atoms with van der Waals surface area (Å²) in [5.74, 6) is 0.780. The van der Waals surface area contributed by atoms with Gasteiger partial charge in [-0.2, -0.15) is 0 Å². The number of halogens is 1. The minimum Gasteiger partial charge on any atom is -0.342 e. The largest absolute Gasteiger partial charge is 0.342 e. The number of piperidine rings is 3. The third-order valence-corrected chi connectivity index (χ3v) is 9.00.